The van der Waals surface area contributed by atoms with Crippen LogP contribution < -0.4 is 10.2 Å². The van der Waals surface area contributed by atoms with E-state index in [2.05, 4.69) is 29.1 Å². The molecule has 1 fully saturated rings. The number of anilines is 1. The van der Waals surface area contributed by atoms with Crippen molar-refractivity contribution in [2.75, 3.05) is 45.7 Å². The lowest BCUT2D eigenvalue weighted by molar-refractivity contribution is 0.181. The van der Waals surface area contributed by atoms with Crippen LogP contribution in [0.2, 0.25) is 0 Å². The SMILES string of the molecule is CCC1CN(C)CCCN1c1nc(COC)c(CNC)s1. The molecule has 1 unspecified atom stereocenters. The normalized spacial score (nSPS) is 20.8. The van der Waals surface area contributed by atoms with Crippen molar-refractivity contribution in [1.82, 2.24) is 15.2 Å². The molecule has 1 aromatic rings. The average Bonchev–Trinajstić information content (AvgIpc) is 2.74. The van der Waals surface area contributed by atoms with Gasteiger partial charge in [0.15, 0.2) is 5.13 Å². The van der Waals surface area contributed by atoms with Crippen molar-refractivity contribution in [2.45, 2.75) is 39.0 Å². The molecule has 21 heavy (non-hydrogen) atoms. The van der Waals surface area contributed by atoms with Gasteiger partial charge in [0.1, 0.15) is 0 Å². The fourth-order valence-corrected chi connectivity index (χ4v) is 4.06. The van der Waals surface area contributed by atoms with Crippen molar-refractivity contribution in [3.8, 4) is 0 Å². The van der Waals surface area contributed by atoms with Crippen molar-refractivity contribution in [3.05, 3.63) is 10.6 Å². The Bertz CT molecular complexity index is 414. The van der Waals surface area contributed by atoms with Crippen LogP contribution >= 0.6 is 11.3 Å². The van der Waals surface area contributed by atoms with Gasteiger partial charge in [-0.05, 0) is 33.5 Å². The van der Waals surface area contributed by atoms with Crippen molar-refractivity contribution in [1.29, 1.82) is 0 Å². The Kier molecular flexibility index (Phi) is 6.41. The summed E-state index contributed by atoms with van der Waals surface area (Å²) in [6.45, 7) is 7.12. The minimum atomic E-state index is 0.557. The van der Waals surface area contributed by atoms with Crippen LogP contribution in [0.5, 0.6) is 0 Å². The van der Waals surface area contributed by atoms with E-state index in [4.69, 9.17) is 9.72 Å². The van der Waals surface area contributed by atoms with Gasteiger partial charge in [-0.25, -0.2) is 4.98 Å². The number of hydrogen-bond donors (Lipinski definition) is 1. The molecule has 120 valence electrons. The van der Waals surface area contributed by atoms with Crippen LogP contribution in [0, 0.1) is 0 Å². The van der Waals surface area contributed by atoms with E-state index in [0.717, 1.165) is 36.9 Å². The summed E-state index contributed by atoms with van der Waals surface area (Å²) in [6, 6.07) is 0.557. The Morgan fingerprint density at radius 2 is 2.24 bits per heavy atom. The lowest BCUT2D eigenvalue weighted by Crippen LogP contribution is -2.39. The maximum atomic E-state index is 5.30. The van der Waals surface area contributed by atoms with E-state index >= 15 is 0 Å². The molecule has 0 aliphatic carbocycles. The van der Waals surface area contributed by atoms with Crippen LogP contribution in [0.15, 0.2) is 0 Å². The summed E-state index contributed by atoms with van der Waals surface area (Å²) in [7, 11) is 5.93. The monoisotopic (exact) mass is 312 g/mol. The maximum absolute atomic E-state index is 5.30. The van der Waals surface area contributed by atoms with Gasteiger partial charge in [-0.1, -0.05) is 6.92 Å². The minimum absolute atomic E-state index is 0.557. The van der Waals surface area contributed by atoms with E-state index in [0.29, 0.717) is 12.6 Å². The summed E-state index contributed by atoms with van der Waals surface area (Å²) >= 11 is 1.81. The Hall–Kier alpha value is -0.690. The highest BCUT2D eigenvalue weighted by molar-refractivity contribution is 7.15. The number of rotatable bonds is 6. The van der Waals surface area contributed by atoms with Crippen molar-refractivity contribution in [2.24, 2.45) is 0 Å². The van der Waals surface area contributed by atoms with E-state index in [1.165, 1.54) is 17.8 Å². The molecule has 0 spiro atoms. The van der Waals surface area contributed by atoms with Crippen LogP contribution in [0.25, 0.3) is 0 Å². The zero-order valence-electron chi connectivity index (χ0n) is 13.7. The van der Waals surface area contributed by atoms with E-state index in [1.54, 1.807) is 7.11 Å². The second-order valence-electron chi connectivity index (χ2n) is 5.70. The number of nitrogens with one attached hydrogen (secondary N) is 1. The molecule has 1 aliphatic heterocycles. The first-order valence-corrected chi connectivity index (χ1v) is 8.58. The maximum Gasteiger partial charge on any atom is 0.186 e. The lowest BCUT2D eigenvalue weighted by atomic mass is 10.2. The lowest BCUT2D eigenvalue weighted by Gasteiger charge is -2.29. The molecular formula is C15H28N4OS. The average molecular weight is 312 g/mol. The number of aromatic nitrogens is 1. The molecule has 1 saturated heterocycles. The number of methoxy groups -OCH3 is 1. The predicted molar refractivity (Wildman–Crippen MR) is 89.1 cm³/mol. The molecule has 0 saturated carbocycles. The smallest absolute Gasteiger partial charge is 0.186 e. The summed E-state index contributed by atoms with van der Waals surface area (Å²) in [5, 5.41) is 4.39. The molecule has 0 bridgehead atoms. The van der Waals surface area contributed by atoms with E-state index in [1.807, 2.05) is 18.4 Å². The largest absolute Gasteiger partial charge is 0.378 e. The van der Waals surface area contributed by atoms with Crippen LogP contribution in [-0.4, -0.2) is 56.8 Å². The molecule has 2 heterocycles. The summed E-state index contributed by atoms with van der Waals surface area (Å²) in [6.07, 6.45) is 2.36. The Balaban J connectivity index is 2.23. The third-order valence-electron chi connectivity index (χ3n) is 4.00. The van der Waals surface area contributed by atoms with Crippen molar-refractivity contribution in [3.63, 3.8) is 0 Å². The standard InChI is InChI=1S/C15H28N4OS/c1-5-12-10-18(3)7-6-8-19(12)15-17-13(11-20-4)14(21-15)9-16-2/h12,16H,5-11H2,1-4H3. The van der Waals surface area contributed by atoms with Crippen LogP contribution in [0.4, 0.5) is 5.13 Å². The molecule has 2 rings (SSSR count). The molecule has 0 aromatic carbocycles. The predicted octanol–water partition coefficient (Wildman–Crippen LogP) is 1.93. The molecule has 6 heteroatoms. The van der Waals surface area contributed by atoms with Crippen LogP contribution in [0.1, 0.15) is 30.3 Å². The molecule has 1 atom stereocenters. The zero-order chi connectivity index (χ0) is 15.2. The summed E-state index contributed by atoms with van der Waals surface area (Å²) in [4.78, 5) is 11.1. The molecule has 1 aliphatic rings. The van der Waals surface area contributed by atoms with E-state index in [-0.39, 0.29) is 0 Å². The van der Waals surface area contributed by atoms with E-state index in [9.17, 15) is 0 Å². The number of thiazole rings is 1. The first-order chi connectivity index (χ1) is 10.2. The topological polar surface area (TPSA) is 40.6 Å². The highest BCUT2D eigenvalue weighted by Gasteiger charge is 2.25. The first-order valence-electron chi connectivity index (χ1n) is 7.76. The zero-order valence-corrected chi connectivity index (χ0v) is 14.5. The number of nitrogens with zero attached hydrogens (tertiary/aromatic N) is 3. The van der Waals surface area contributed by atoms with Gasteiger partial charge in [0.2, 0.25) is 0 Å². The van der Waals surface area contributed by atoms with Gasteiger partial charge in [-0.2, -0.15) is 0 Å². The molecule has 5 nitrogen and oxygen atoms in total. The Morgan fingerprint density at radius 3 is 2.90 bits per heavy atom. The number of likely N-dealkylation sites (N-methyl/N-ethyl adjacent to an activating group) is 1. The summed E-state index contributed by atoms with van der Waals surface area (Å²) < 4.78 is 5.30. The molecule has 0 radical (unpaired) electrons. The second kappa shape index (κ2) is 8.08. The minimum Gasteiger partial charge on any atom is -0.378 e. The fraction of sp³-hybridized carbons (Fsp3) is 0.800. The fourth-order valence-electron chi connectivity index (χ4n) is 2.89. The highest BCUT2D eigenvalue weighted by atomic mass is 32.1. The van der Waals surface area contributed by atoms with Gasteiger partial charge < -0.3 is 19.9 Å². The van der Waals surface area contributed by atoms with Gasteiger partial charge in [0.05, 0.1) is 12.3 Å². The molecule has 1 N–H and O–H groups in total. The highest BCUT2D eigenvalue weighted by Crippen LogP contribution is 2.30. The summed E-state index contributed by atoms with van der Waals surface area (Å²) in [5.74, 6) is 0. The molecule has 1 aromatic heterocycles. The molecule has 0 amide bonds. The Labute approximate surface area is 132 Å². The van der Waals surface area contributed by atoms with Gasteiger partial charge in [0, 0.05) is 37.7 Å². The first kappa shape index (κ1) is 16.7. The third kappa shape index (κ3) is 4.16. The molecular weight excluding hydrogens is 284 g/mol. The third-order valence-corrected chi connectivity index (χ3v) is 5.14. The summed E-state index contributed by atoms with van der Waals surface area (Å²) in [5.41, 5.74) is 1.08. The van der Waals surface area contributed by atoms with Crippen LogP contribution in [-0.2, 0) is 17.9 Å². The van der Waals surface area contributed by atoms with Gasteiger partial charge >= 0.3 is 0 Å². The number of ether oxygens (including phenoxy) is 1. The van der Waals surface area contributed by atoms with Crippen molar-refractivity contribution < 1.29 is 4.74 Å². The van der Waals surface area contributed by atoms with Crippen molar-refractivity contribution >= 4 is 16.5 Å². The second-order valence-corrected chi connectivity index (χ2v) is 6.76. The van der Waals surface area contributed by atoms with Gasteiger partial charge in [-0.3, -0.25) is 0 Å². The van der Waals surface area contributed by atoms with E-state index < -0.39 is 0 Å². The Morgan fingerprint density at radius 1 is 1.43 bits per heavy atom. The number of hydrogen-bond acceptors (Lipinski definition) is 6. The van der Waals surface area contributed by atoms with Crippen LogP contribution in [0.3, 0.4) is 0 Å². The van der Waals surface area contributed by atoms with Gasteiger partial charge in [-0.15, -0.1) is 11.3 Å². The quantitative estimate of drug-likeness (QED) is 0.869. The van der Waals surface area contributed by atoms with Gasteiger partial charge in [0.25, 0.3) is 0 Å².